The molecule has 1 nitrogen and oxygen atoms in total. The van der Waals surface area contributed by atoms with Gasteiger partial charge in [0.25, 0.3) is 0 Å². The third-order valence-corrected chi connectivity index (χ3v) is 3.81. The van der Waals surface area contributed by atoms with Crippen molar-refractivity contribution in [2.24, 2.45) is 5.41 Å². The van der Waals surface area contributed by atoms with Crippen molar-refractivity contribution in [2.75, 3.05) is 0 Å². The molecule has 0 heterocycles. The number of nitrogens with zero attached hydrogens (tertiary/aromatic N) is 1. The van der Waals surface area contributed by atoms with E-state index < -0.39 is 17.0 Å². The second kappa shape index (κ2) is 4.14. The quantitative estimate of drug-likeness (QED) is 0.755. The molecule has 1 aromatic carbocycles. The number of rotatable bonds is 2. The Morgan fingerprint density at radius 2 is 2.06 bits per heavy atom. The predicted octanol–water partition coefficient (Wildman–Crippen LogP) is 3.96. The monoisotopic (exact) mass is 285 g/mol. The lowest BCUT2D eigenvalue weighted by Crippen LogP contribution is -2.30. The molecule has 0 aromatic heterocycles. The smallest absolute Gasteiger partial charge is 0.143 e. The Balaban J connectivity index is 2.35. The minimum Gasteiger partial charge on any atom is -0.207 e. The van der Waals surface area contributed by atoms with Gasteiger partial charge in [-0.05, 0) is 47.3 Å². The van der Waals surface area contributed by atoms with E-state index in [2.05, 4.69) is 22.0 Å². The van der Waals surface area contributed by atoms with Crippen molar-refractivity contribution in [3.63, 3.8) is 0 Å². The Labute approximate surface area is 101 Å². The van der Waals surface area contributed by atoms with E-state index in [0.29, 0.717) is 0 Å². The maximum absolute atomic E-state index is 13.7. The van der Waals surface area contributed by atoms with Crippen LogP contribution < -0.4 is 0 Å². The first-order valence-corrected chi connectivity index (χ1v) is 5.91. The molecule has 1 aromatic rings. The summed E-state index contributed by atoms with van der Waals surface area (Å²) >= 11 is 3.03. The molecule has 0 amide bonds. The SMILES string of the molecule is N#CC1(Cc2c(F)ccc(Br)c2F)CCC1. The lowest BCUT2D eigenvalue weighted by Gasteiger charge is -2.35. The Kier molecular flexibility index (Phi) is 2.98. The highest BCUT2D eigenvalue weighted by Crippen LogP contribution is 2.44. The fourth-order valence-electron chi connectivity index (χ4n) is 2.00. The third-order valence-electron chi connectivity index (χ3n) is 3.20. The van der Waals surface area contributed by atoms with E-state index in [9.17, 15) is 8.78 Å². The van der Waals surface area contributed by atoms with Crippen LogP contribution in [0.5, 0.6) is 0 Å². The van der Waals surface area contributed by atoms with Crippen molar-refractivity contribution in [1.82, 2.24) is 0 Å². The van der Waals surface area contributed by atoms with Crippen LogP contribution in [0.2, 0.25) is 0 Å². The summed E-state index contributed by atoms with van der Waals surface area (Å²) in [6.45, 7) is 0. The topological polar surface area (TPSA) is 23.8 Å². The van der Waals surface area contributed by atoms with E-state index in [1.54, 1.807) is 0 Å². The standard InChI is InChI=1S/C12H10BrF2N/c13-9-2-3-10(14)8(11(9)15)6-12(7-16)4-1-5-12/h2-3H,1,4-6H2. The van der Waals surface area contributed by atoms with Gasteiger partial charge in [-0.2, -0.15) is 5.26 Å². The molecule has 0 saturated heterocycles. The third kappa shape index (κ3) is 1.84. The van der Waals surface area contributed by atoms with Crippen molar-refractivity contribution in [3.05, 3.63) is 33.8 Å². The van der Waals surface area contributed by atoms with E-state index in [-0.39, 0.29) is 16.5 Å². The van der Waals surface area contributed by atoms with Gasteiger partial charge in [0.05, 0.1) is 16.0 Å². The van der Waals surface area contributed by atoms with E-state index >= 15 is 0 Å². The van der Waals surface area contributed by atoms with E-state index in [0.717, 1.165) is 19.3 Å². The van der Waals surface area contributed by atoms with Gasteiger partial charge in [-0.15, -0.1) is 0 Å². The summed E-state index contributed by atoms with van der Waals surface area (Å²) in [7, 11) is 0. The highest BCUT2D eigenvalue weighted by molar-refractivity contribution is 9.10. The molecular weight excluding hydrogens is 276 g/mol. The molecule has 16 heavy (non-hydrogen) atoms. The first-order valence-electron chi connectivity index (χ1n) is 5.12. The summed E-state index contributed by atoms with van der Waals surface area (Å²) in [5.74, 6) is -1.15. The zero-order valence-electron chi connectivity index (χ0n) is 8.56. The van der Waals surface area contributed by atoms with Crippen LogP contribution in [0.25, 0.3) is 0 Å². The van der Waals surface area contributed by atoms with Crippen molar-refractivity contribution < 1.29 is 8.78 Å². The largest absolute Gasteiger partial charge is 0.207 e. The molecule has 0 unspecified atom stereocenters. The van der Waals surface area contributed by atoms with Crippen molar-refractivity contribution >= 4 is 15.9 Å². The first kappa shape index (κ1) is 11.5. The Bertz CT molecular complexity index is 461. The van der Waals surface area contributed by atoms with E-state index in [1.807, 2.05) is 0 Å². The van der Waals surface area contributed by atoms with Gasteiger partial charge in [0, 0.05) is 5.56 Å². The molecule has 84 valence electrons. The van der Waals surface area contributed by atoms with Gasteiger partial charge in [-0.3, -0.25) is 0 Å². The summed E-state index contributed by atoms with van der Waals surface area (Å²) in [5.41, 5.74) is -0.529. The van der Waals surface area contributed by atoms with Crippen LogP contribution >= 0.6 is 15.9 Å². The molecule has 0 spiro atoms. The number of hydrogen-bond acceptors (Lipinski definition) is 1. The van der Waals surface area contributed by atoms with E-state index in [4.69, 9.17) is 5.26 Å². The zero-order chi connectivity index (χ0) is 11.8. The minimum absolute atomic E-state index is 0.0237. The van der Waals surface area contributed by atoms with Crippen molar-refractivity contribution in [1.29, 1.82) is 5.26 Å². The fraction of sp³-hybridized carbons (Fsp3) is 0.417. The van der Waals surface area contributed by atoms with Crippen LogP contribution in [-0.2, 0) is 6.42 Å². The van der Waals surface area contributed by atoms with Crippen LogP contribution in [0.3, 0.4) is 0 Å². The number of benzene rings is 1. The maximum Gasteiger partial charge on any atom is 0.143 e. The molecular formula is C12H10BrF2N. The molecule has 1 aliphatic rings. The van der Waals surface area contributed by atoms with Crippen LogP contribution in [0, 0.1) is 28.4 Å². The van der Waals surface area contributed by atoms with Crippen LogP contribution in [0.1, 0.15) is 24.8 Å². The summed E-state index contributed by atoms with van der Waals surface area (Å²) in [4.78, 5) is 0. The average Bonchev–Trinajstić information content (AvgIpc) is 2.22. The Morgan fingerprint density at radius 1 is 1.38 bits per heavy atom. The maximum atomic E-state index is 13.7. The lowest BCUT2D eigenvalue weighted by atomic mass is 9.66. The molecule has 2 rings (SSSR count). The zero-order valence-corrected chi connectivity index (χ0v) is 10.2. The summed E-state index contributed by atoms with van der Waals surface area (Å²) in [6, 6.07) is 4.76. The number of hydrogen-bond donors (Lipinski definition) is 0. The molecule has 4 heteroatoms. The highest BCUT2D eigenvalue weighted by Gasteiger charge is 2.38. The molecule has 1 aliphatic carbocycles. The second-order valence-corrected chi connectivity index (χ2v) is 5.10. The normalized spacial score (nSPS) is 17.6. The fourth-order valence-corrected chi connectivity index (χ4v) is 2.37. The number of nitriles is 1. The first-order chi connectivity index (χ1) is 7.58. The summed E-state index contributed by atoms with van der Waals surface area (Å²) in [6.07, 6.45) is 2.59. The lowest BCUT2D eigenvalue weighted by molar-refractivity contribution is 0.209. The predicted molar refractivity (Wildman–Crippen MR) is 59.7 cm³/mol. The molecule has 1 saturated carbocycles. The van der Waals surface area contributed by atoms with Gasteiger partial charge in [0.2, 0.25) is 0 Å². The van der Waals surface area contributed by atoms with Crippen LogP contribution in [0.4, 0.5) is 8.78 Å². The summed E-state index contributed by atoms with van der Waals surface area (Å²) < 4.78 is 27.4. The molecule has 0 bridgehead atoms. The van der Waals surface area contributed by atoms with Gasteiger partial charge < -0.3 is 0 Å². The second-order valence-electron chi connectivity index (χ2n) is 4.24. The Morgan fingerprint density at radius 3 is 2.56 bits per heavy atom. The van der Waals surface area contributed by atoms with Crippen LogP contribution in [-0.4, -0.2) is 0 Å². The minimum atomic E-state index is -0.582. The van der Waals surface area contributed by atoms with Gasteiger partial charge >= 0.3 is 0 Å². The molecule has 0 aliphatic heterocycles. The van der Waals surface area contributed by atoms with Gasteiger partial charge in [0.15, 0.2) is 0 Å². The van der Waals surface area contributed by atoms with Crippen molar-refractivity contribution in [2.45, 2.75) is 25.7 Å². The average molecular weight is 286 g/mol. The highest BCUT2D eigenvalue weighted by atomic mass is 79.9. The molecule has 0 radical (unpaired) electrons. The van der Waals surface area contributed by atoms with Crippen LogP contribution in [0.15, 0.2) is 16.6 Å². The number of halogens is 3. The van der Waals surface area contributed by atoms with Gasteiger partial charge in [-0.1, -0.05) is 6.42 Å². The van der Waals surface area contributed by atoms with Gasteiger partial charge in [0.1, 0.15) is 11.6 Å². The molecule has 0 atom stereocenters. The van der Waals surface area contributed by atoms with E-state index in [1.165, 1.54) is 12.1 Å². The molecule has 0 N–H and O–H groups in total. The molecule has 1 fully saturated rings. The summed E-state index contributed by atoms with van der Waals surface area (Å²) in [5, 5.41) is 9.04. The van der Waals surface area contributed by atoms with Crippen molar-refractivity contribution in [3.8, 4) is 6.07 Å². The van der Waals surface area contributed by atoms with Gasteiger partial charge in [-0.25, -0.2) is 8.78 Å². The Hall–Kier alpha value is -0.950.